The Kier molecular flexibility index (Phi) is 5.33. The molecule has 1 heterocycles. The van der Waals surface area contributed by atoms with Crippen LogP contribution in [0.15, 0.2) is 24.8 Å². The predicted octanol–water partition coefficient (Wildman–Crippen LogP) is 1.80. The molecule has 0 aromatic carbocycles. The highest BCUT2D eigenvalue weighted by molar-refractivity contribution is 7.89. The standard InChI is InChI=1S/C10H12ClNO4S2/c1-2-5-12(18(15,16)7-10(13)14)6-8-3-4-9(11)17-8/h2-4H,1,5-7H2,(H,13,14). The molecular weight excluding hydrogens is 298 g/mol. The Morgan fingerprint density at radius 1 is 1.56 bits per heavy atom. The molecule has 0 aliphatic heterocycles. The quantitative estimate of drug-likeness (QED) is 0.779. The summed E-state index contributed by atoms with van der Waals surface area (Å²) in [5.41, 5.74) is 0. The zero-order chi connectivity index (χ0) is 13.8. The first-order valence-electron chi connectivity index (χ1n) is 4.90. The average Bonchev–Trinajstić information content (AvgIpc) is 2.61. The van der Waals surface area contributed by atoms with E-state index in [1.165, 1.54) is 17.4 Å². The Morgan fingerprint density at radius 2 is 2.22 bits per heavy atom. The second-order valence-electron chi connectivity index (χ2n) is 3.44. The minimum atomic E-state index is -3.85. The van der Waals surface area contributed by atoms with Crippen molar-refractivity contribution in [3.8, 4) is 0 Å². The first-order valence-corrected chi connectivity index (χ1v) is 7.70. The topological polar surface area (TPSA) is 74.7 Å². The van der Waals surface area contributed by atoms with Gasteiger partial charge in [0.2, 0.25) is 10.0 Å². The molecule has 0 saturated carbocycles. The van der Waals surface area contributed by atoms with Gasteiger partial charge in [0.1, 0.15) is 0 Å². The van der Waals surface area contributed by atoms with Crippen LogP contribution in [-0.2, 0) is 21.4 Å². The molecule has 100 valence electrons. The van der Waals surface area contributed by atoms with Crippen molar-refractivity contribution < 1.29 is 18.3 Å². The smallest absolute Gasteiger partial charge is 0.320 e. The molecule has 0 aliphatic carbocycles. The van der Waals surface area contributed by atoms with Gasteiger partial charge in [-0.25, -0.2) is 8.42 Å². The van der Waals surface area contributed by atoms with E-state index in [2.05, 4.69) is 6.58 Å². The van der Waals surface area contributed by atoms with Gasteiger partial charge in [-0.3, -0.25) is 4.79 Å². The summed E-state index contributed by atoms with van der Waals surface area (Å²) in [5, 5.41) is 8.59. The summed E-state index contributed by atoms with van der Waals surface area (Å²) >= 11 is 7.01. The molecule has 0 amide bonds. The normalized spacial score (nSPS) is 11.7. The van der Waals surface area contributed by atoms with Crippen molar-refractivity contribution in [2.24, 2.45) is 0 Å². The Balaban J connectivity index is 2.88. The summed E-state index contributed by atoms with van der Waals surface area (Å²) < 4.78 is 25.2. The number of hydrogen-bond donors (Lipinski definition) is 1. The number of hydrogen-bond acceptors (Lipinski definition) is 4. The third kappa shape index (κ3) is 4.41. The third-order valence-electron chi connectivity index (χ3n) is 1.99. The number of nitrogens with zero attached hydrogens (tertiary/aromatic N) is 1. The van der Waals surface area contributed by atoms with E-state index in [9.17, 15) is 13.2 Å². The molecule has 0 aliphatic rings. The highest BCUT2D eigenvalue weighted by Gasteiger charge is 2.24. The van der Waals surface area contributed by atoms with Gasteiger partial charge < -0.3 is 5.11 Å². The molecule has 0 spiro atoms. The molecule has 1 aromatic rings. The van der Waals surface area contributed by atoms with E-state index in [4.69, 9.17) is 16.7 Å². The van der Waals surface area contributed by atoms with Gasteiger partial charge in [0, 0.05) is 18.0 Å². The van der Waals surface area contributed by atoms with Crippen molar-refractivity contribution >= 4 is 38.9 Å². The average molecular weight is 310 g/mol. The molecule has 1 aromatic heterocycles. The van der Waals surface area contributed by atoms with Gasteiger partial charge in [0.25, 0.3) is 0 Å². The fraction of sp³-hybridized carbons (Fsp3) is 0.300. The first kappa shape index (κ1) is 15.2. The van der Waals surface area contributed by atoms with Crippen LogP contribution >= 0.6 is 22.9 Å². The minimum Gasteiger partial charge on any atom is -0.480 e. The Morgan fingerprint density at radius 3 is 2.67 bits per heavy atom. The van der Waals surface area contributed by atoms with Crippen LogP contribution in [0.2, 0.25) is 4.34 Å². The number of halogens is 1. The molecular formula is C10H12ClNO4S2. The first-order chi connectivity index (χ1) is 8.35. The van der Waals surface area contributed by atoms with Crippen molar-refractivity contribution in [1.82, 2.24) is 4.31 Å². The molecule has 0 saturated heterocycles. The Hall–Kier alpha value is -0.890. The van der Waals surface area contributed by atoms with E-state index >= 15 is 0 Å². The van der Waals surface area contributed by atoms with Crippen molar-refractivity contribution in [1.29, 1.82) is 0 Å². The van der Waals surface area contributed by atoms with E-state index in [0.717, 1.165) is 9.18 Å². The van der Waals surface area contributed by atoms with Crippen LogP contribution < -0.4 is 0 Å². The molecule has 0 unspecified atom stereocenters. The van der Waals surface area contributed by atoms with Crippen molar-refractivity contribution in [2.45, 2.75) is 6.54 Å². The summed E-state index contributed by atoms with van der Waals surface area (Å²) in [6, 6.07) is 3.37. The summed E-state index contributed by atoms with van der Waals surface area (Å²) in [7, 11) is -3.85. The minimum absolute atomic E-state index is 0.0606. The number of carboxylic acids is 1. The van der Waals surface area contributed by atoms with Gasteiger partial charge >= 0.3 is 5.97 Å². The third-order valence-corrected chi connectivity index (χ3v) is 4.89. The fourth-order valence-electron chi connectivity index (χ4n) is 1.28. The summed E-state index contributed by atoms with van der Waals surface area (Å²) in [6.07, 6.45) is 1.41. The van der Waals surface area contributed by atoms with E-state index in [-0.39, 0.29) is 13.1 Å². The lowest BCUT2D eigenvalue weighted by Gasteiger charge is -2.18. The van der Waals surface area contributed by atoms with Gasteiger partial charge in [-0.05, 0) is 12.1 Å². The second-order valence-corrected chi connectivity index (χ2v) is 7.21. The van der Waals surface area contributed by atoms with Gasteiger partial charge in [0.15, 0.2) is 5.75 Å². The summed E-state index contributed by atoms with van der Waals surface area (Å²) in [4.78, 5) is 11.3. The van der Waals surface area contributed by atoms with Crippen LogP contribution in [-0.4, -0.2) is 36.1 Å². The number of aliphatic carboxylic acids is 1. The molecule has 0 atom stereocenters. The zero-order valence-corrected chi connectivity index (χ0v) is 11.8. The van der Waals surface area contributed by atoms with Gasteiger partial charge in [0.05, 0.1) is 4.34 Å². The van der Waals surface area contributed by atoms with E-state index in [1.807, 2.05) is 0 Å². The van der Waals surface area contributed by atoms with Crippen molar-refractivity contribution in [2.75, 3.05) is 12.3 Å². The van der Waals surface area contributed by atoms with Crippen LogP contribution in [0.3, 0.4) is 0 Å². The zero-order valence-electron chi connectivity index (χ0n) is 9.37. The van der Waals surface area contributed by atoms with Gasteiger partial charge in [-0.2, -0.15) is 4.31 Å². The highest BCUT2D eigenvalue weighted by atomic mass is 35.5. The number of rotatable bonds is 7. The van der Waals surface area contributed by atoms with E-state index < -0.39 is 21.7 Å². The SMILES string of the molecule is C=CCN(Cc1ccc(Cl)s1)S(=O)(=O)CC(=O)O. The molecule has 0 bridgehead atoms. The largest absolute Gasteiger partial charge is 0.480 e. The van der Waals surface area contributed by atoms with Crippen molar-refractivity contribution in [3.05, 3.63) is 34.0 Å². The second kappa shape index (κ2) is 6.33. The lowest BCUT2D eigenvalue weighted by Crippen LogP contribution is -2.34. The van der Waals surface area contributed by atoms with E-state index in [0.29, 0.717) is 4.34 Å². The number of sulfonamides is 1. The fourth-order valence-corrected chi connectivity index (χ4v) is 3.63. The Bertz CT molecular complexity index is 538. The van der Waals surface area contributed by atoms with Crippen LogP contribution in [0.25, 0.3) is 0 Å². The Labute approximate surface area is 114 Å². The summed E-state index contributed by atoms with van der Waals surface area (Å²) in [5.74, 6) is -2.31. The predicted molar refractivity (Wildman–Crippen MR) is 71.4 cm³/mol. The lowest BCUT2D eigenvalue weighted by molar-refractivity contribution is -0.134. The molecule has 5 nitrogen and oxygen atoms in total. The van der Waals surface area contributed by atoms with Crippen LogP contribution in [0.4, 0.5) is 0 Å². The van der Waals surface area contributed by atoms with Gasteiger partial charge in [-0.15, -0.1) is 17.9 Å². The number of carbonyl (C=O) groups is 1. The molecule has 8 heteroatoms. The molecule has 0 fully saturated rings. The van der Waals surface area contributed by atoms with Crippen LogP contribution in [0, 0.1) is 0 Å². The van der Waals surface area contributed by atoms with Crippen LogP contribution in [0.5, 0.6) is 0 Å². The maximum Gasteiger partial charge on any atom is 0.320 e. The van der Waals surface area contributed by atoms with Crippen LogP contribution in [0.1, 0.15) is 4.88 Å². The molecule has 1 N–H and O–H groups in total. The van der Waals surface area contributed by atoms with Gasteiger partial charge in [-0.1, -0.05) is 17.7 Å². The van der Waals surface area contributed by atoms with E-state index in [1.54, 1.807) is 12.1 Å². The maximum absolute atomic E-state index is 11.8. The molecule has 18 heavy (non-hydrogen) atoms. The summed E-state index contributed by atoms with van der Waals surface area (Å²) in [6.45, 7) is 3.62. The monoisotopic (exact) mass is 309 g/mol. The highest BCUT2D eigenvalue weighted by Crippen LogP contribution is 2.23. The molecule has 1 rings (SSSR count). The van der Waals surface area contributed by atoms with Crippen molar-refractivity contribution in [3.63, 3.8) is 0 Å². The molecule has 0 radical (unpaired) electrons. The number of carboxylic acid groups (broad SMARTS) is 1. The lowest BCUT2D eigenvalue weighted by atomic mass is 10.4. The maximum atomic E-state index is 11.8. The number of thiophene rings is 1.